The van der Waals surface area contributed by atoms with Crippen molar-refractivity contribution in [2.24, 2.45) is 0 Å². The first-order valence-corrected chi connectivity index (χ1v) is 6.02. The number of rotatable bonds is 2. The van der Waals surface area contributed by atoms with E-state index in [1.807, 2.05) is 0 Å². The van der Waals surface area contributed by atoms with E-state index in [4.69, 9.17) is 0 Å². The maximum absolute atomic E-state index is 12.0. The van der Waals surface area contributed by atoms with Crippen LogP contribution in [0.5, 0.6) is 5.75 Å². The quantitative estimate of drug-likeness (QED) is 0.553. The van der Waals surface area contributed by atoms with Gasteiger partial charge >= 0.3 is 0 Å². The lowest BCUT2D eigenvalue weighted by Gasteiger charge is -2.03. The van der Waals surface area contributed by atoms with E-state index in [1.54, 1.807) is 0 Å². The number of phenols is 1. The number of benzene rings is 2. The van der Waals surface area contributed by atoms with Crippen LogP contribution in [0.3, 0.4) is 0 Å². The van der Waals surface area contributed by atoms with E-state index in [-0.39, 0.29) is 22.4 Å². The van der Waals surface area contributed by atoms with E-state index in [1.165, 1.54) is 42.5 Å². The summed E-state index contributed by atoms with van der Waals surface area (Å²) in [5.41, 5.74) is 0.577. The van der Waals surface area contributed by atoms with E-state index in [0.29, 0.717) is 16.9 Å². The van der Waals surface area contributed by atoms with Crippen molar-refractivity contribution in [3.05, 3.63) is 62.9 Å². The number of phenolic OH excluding ortho intramolecular Hbond substituents is 1. The molecule has 104 valence electrons. The molecule has 0 aliphatic rings. The molecule has 1 heterocycles. The smallest absolute Gasteiger partial charge is 0.269 e. The van der Waals surface area contributed by atoms with Gasteiger partial charge in [-0.25, -0.2) is 4.98 Å². The van der Waals surface area contributed by atoms with E-state index in [0.717, 1.165) is 0 Å². The predicted octanol–water partition coefficient (Wildman–Crippen LogP) is 2.20. The average molecular weight is 283 g/mol. The highest BCUT2D eigenvalue weighted by Gasteiger charge is 2.09. The fourth-order valence-corrected chi connectivity index (χ4v) is 2.00. The van der Waals surface area contributed by atoms with E-state index < -0.39 is 4.92 Å². The van der Waals surface area contributed by atoms with Crippen molar-refractivity contribution >= 4 is 16.6 Å². The second-order valence-corrected chi connectivity index (χ2v) is 4.42. The van der Waals surface area contributed by atoms with E-state index in [9.17, 15) is 20.0 Å². The summed E-state index contributed by atoms with van der Waals surface area (Å²) >= 11 is 0. The van der Waals surface area contributed by atoms with Crippen LogP contribution >= 0.6 is 0 Å². The molecule has 3 rings (SSSR count). The van der Waals surface area contributed by atoms with E-state index >= 15 is 0 Å². The number of non-ortho nitro benzene ring substituents is 1. The first kappa shape index (κ1) is 12.8. The summed E-state index contributed by atoms with van der Waals surface area (Å²) in [6.45, 7) is 0. The minimum atomic E-state index is -0.497. The van der Waals surface area contributed by atoms with Gasteiger partial charge in [0.05, 0.1) is 15.8 Å². The highest BCUT2D eigenvalue weighted by Crippen LogP contribution is 2.21. The molecule has 0 aliphatic heterocycles. The lowest BCUT2D eigenvalue weighted by molar-refractivity contribution is -0.384. The summed E-state index contributed by atoms with van der Waals surface area (Å²) in [4.78, 5) is 29.0. The molecule has 0 atom stereocenters. The molecule has 0 aliphatic carbocycles. The third-order valence-electron chi connectivity index (χ3n) is 3.04. The molecule has 0 radical (unpaired) electrons. The maximum Gasteiger partial charge on any atom is 0.269 e. The Balaban J connectivity index is 2.14. The third-order valence-corrected chi connectivity index (χ3v) is 3.04. The molecule has 0 spiro atoms. The lowest BCUT2D eigenvalue weighted by atomic mass is 10.1. The van der Waals surface area contributed by atoms with Gasteiger partial charge in [-0.15, -0.1) is 0 Å². The summed E-state index contributed by atoms with van der Waals surface area (Å²) in [7, 11) is 0. The minimum absolute atomic E-state index is 0.0158. The molecule has 0 unspecified atom stereocenters. The van der Waals surface area contributed by atoms with Crippen molar-refractivity contribution in [3.8, 4) is 17.1 Å². The lowest BCUT2D eigenvalue weighted by Crippen LogP contribution is -2.09. The number of nitro benzene ring substituents is 1. The van der Waals surface area contributed by atoms with Gasteiger partial charge in [-0.1, -0.05) is 0 Å². The van der Waals surface area contributed by atoms with Gasteiger partial charge in [0.1, 0.15) is 11.6 Å². The summed E-state index contributed by atoms with van der Waals surface area (Å²) in [5.74, 6) is 0.297. The Hall–Kier alpha value is -3.22. The first-order chi connectivity index (χ1) is 10.0. The van der Waals surface area contributed by atoms with Crippen molar-refractivity contribution in [2.75, 3.05) is 0 Å². The molecule has 7 nitrogen and oxygen atoms in total. The Bertz CT molecular complexity index is 900. The largest absolute Gasteiger partial charge is 0.508 e. The van der Waals surface area contributed by atoms with Crippen LogP contribution < -0.4 is 5.56 Å². The molecular formula is C14H9N3O4. The van der Waals surface area contributed by atoms with Crippen molar-refractivity contribution in [2.45, 2.75) is 0 Å². The molecule has 3 aromatic rings. The standard InChI is InChI=1S/C14H9N3O4/c18-10-5-6-12-11(7-10)14(19)16-13(15-12)8-1-3-9(4-2-8)17(20)21/h1-7,18H,(H,15,16,19). The number of aromatic amines is 1. The van der Waals surface area contributed by atoms with Crippen LogP contribution in [0.25, 0.3) is 22.3 Å². The predicted molar refractivity (Wildman–Crippen MR) is 76.1 cm³/mol. The molecule has 0 saturated carbocycles. The fraction of sp³-hybridized carbons (Fsp3) is 0. The van der Waals surface area contributed by atoms with Gasteiger partial charge in [0, 0.05) is 17.7 Å². The summed E-state index contributed by atoms with van der Waals surface area (Å²) < 4.78 is 0. The molecule has 7 heteroatoms. The zero-order chi connectivity index (χ0) is 15.0. The molecule has 2 aromatic carbocycles. The maximum atomic E-state index is 12.0. The number of nitrogens with one attached hydrogen (secondary N) is 1. The first-order valence-electron chi connectivity index (χ1n) is 6.02. The number of H-pyrrole nitrogens is 1. The molecular weight excluding hydrogens is 274 g/mol. The molecule has 0 bridgehead atoms. The Morgan fingerprint density at radius 1 is 1.14 bits per heavy atom. The van der Waals surface area contributed by atoms with Crippen molar-refractivity contribution in [1.82, 2.24) is 9.97 Å². The summed E-state index contributed by atoms with van der Waals surface area (Å²) in [6.07, 6.45) is 0. The van der Waals surface area contributed by atoms with Gasteiger partial charge in [0.25, 0.3) is 11.2 Å². The minimum Gasteiger partial charge on any atom is -0.508 e. The van der Waals surface area contributed by atoms with Crippen molar-refractivity contribution in [1.29, 1.82) is 0 Å². The van der Waals surface area contributed by atoms with Crippen LogP contribution in [0, 0.1) is 10.1 Å². The number of aromatic nitrogens is 2. The highest BCUT2D eigenvalue weighted by molar-refractivity contribution is 5.80. The van der Waals surface area contributed by atoms with Crippen LogP contribution in [-0.4, -0.2) is 20.0 Å². The Morgan fingerprint density at radius 2 is 1.86 bits per heavy atom. The topological polar surface area (TPSA) is 109 Å². The Kier molecular flexibility index (Phi) is 2.87. The molecule has 0 saturated heterocycles. The van der Waals surface area contributed by atoms with Gasteiger partial charge in [-0.3, -0.25) is 14.9 Å². The van der Waals surface area contributed by atoms with Crippen LogP contribution in [0.15, 0.2) is 47.3 Å². The Labute approximate surface area is 117 Å². The number of fused-ring (bicyclic) bond motifs is 1. The normalized spacial score (nSPS) is 10.7. The zero-order valence-electron chi connectivity index (χ0n) is 10.6. The van der Waals surface area contributed by atoms with Crippen molar-refractivity contribution in [3.63, 3.8) is 0 Å². The molecule has 1 aromatic heterocycles. The average Bonchev–Trinajstić information content (AvgIpc) is 2.48. The second kappa shape index (κ2) is 4.71. The second-order valence-electron chi connectivity index (χ2n) is 4.42. The number of aromatic hydroxyl groups is 1. The summed E-state index contributed by atoms with van der Waals surface area (Å²) in [6, 6.07) is 10.0. The molecule has 2 N–H and O–H groups in total. The third kappa shape index (κ3) is 2.32. The highest BCUT2D eigenvalue weighted by atomic mass is 16.6. The zero-order valence-corrected chi connectivity index (χ0v) is 10.6. The Morgan fingerprint density at radius 3 is 2.52 bits per heavy atom. The number of hydrogen-bond donors (Lipinski definition) is 2. The molecule has 0 fully saturated rings. The fourth-order valence-electron chi connectivity index (χ4n) is 2.00. The van der Waals surface area contributed by atoms with E-state index in [2.05, 4.69) is 9.97 Å². The van der Waals surface area contributed by atoms with Gasteiger partial charge in [0.2, 0.25) is 0 Å². The number of nitrogens with zero attached hydrogens (tertiary/aromatic N) is 2. The van der Waals surface area contributed by atoms with Crippen LogP contribution in [0.1, 0.15) is 0 Å². The molecule has 21 heavy (non-hydrogen) atoms. The van der Waals surface area contributed by atoms with Crippen LogP contribution in [-0.2, 0) is 0 Å². The monoisotopic (exact) mass is 283 g/mol. The van der Waals surface area contributed by atoms with Gasteiger partial charge in [-0.05, 0) is 30.3 Å². The van der Waals surface area contributed by atoms with Crippen LogP contribution in [0.2, 0.25) is 0 Å². The SMILES string of the molecule is O=c1[nH]c(-c2ccc([N+](=O)[O-])cc2)nc2ccc(O)cc12. The number of nitro groups is 1. The van der Waals surface area contributed by atoms with Gasteiger partial charge in [0.15, 0.2) is 0 Å². The number of hydrogen-bond acceptors (Lipinski definition) is 5. The van der Waals surface area contributed by atoms with Gasteiger partial charge in [-0.2, -0.15) is 0 Å². The molecule has 0 amide bonds. The van der Waals surface area contributed by atoms with Crippen molar-refractivity contribution < 1.29 is 10.0 Å². The van der Waals surface area contributed by atoms with Gasteiger partial charge < -0.3 is 10.1 Å². The summed E-state index contributed by atoms with van der Waals surface area (Å²) in [5, 5.41) is 20.3. The van der Waals surface area contributed by atoms with Crippen LogP contribution in [0.4, 0.5) is 5.69 Å².